The summed E-state index contributed by atoms with van der Waals surface area (Å²) in [6.07, 6.45) is 12.7. The molecule has 3 rings (SSSR count). The van der Waals surface area contributed by atoms with Crippen LogP contribution in [0.4, 0.5) is 8.78 Å². The molecule has 2 nitrogen and oxygen atoms in total. The van der Waals surface area contributed by atoms with Crippen LogP contribution in [0.15, 0.2) is 30.4 Å². The van der Waals surface area contributed by atoms with Crippen LogP contribution in [-0.4, -0.2) is 13.7 Å². The van der Waals surface area contributed by atoms with Crippen molar-refractivity contribution in [3.8, 4) is 11.5 Å². The number of ether oxygens (including phenoxy) is 2. The normalized spacial score (nSPS) is 25.6. The van der Waals surface area contributed by atoms with Crippen LogP contribution in [0.5, 0.6) is 11.5 Å². The number of hydrogen-bond donors (Lipinski definition) is 0. The Balaban J connectivity index is 1.55. The fraction of sp³-hybridized carbons (Fsp3) is 0.565. The van der Waals surface area contributed by atoms with E-state index in [1.807, 2.05) is 0 Å². The van der Waals surface area contributed by atoms with E-state index in [0.717, 1.165) is 31.1 Å². The van der Waals surface area contributed by atoms with Crippen molar-refractivity contribution in [1.29, 1.82) is 0 Å². The third-order valence-corrected chi connectivity index (χ3v) is 6.30. The van der Waals surface area contributed by atoms with E-state index >= 15 is 0 Å². The monoisotopic (exact) mass is 376 g/mol. The van der Waals surface area contributed by atoms with E-state index in [-0.39, 0.29) is 11.5 Å². The van der Waals surface area contributed by atoms with E-state index in [2.05, 4.69) is 18.7 Å². The quantitative estimate of drug-likeness (QED) is 0.536. The maximum atomic E-state index is 14.2. The Morgan fingerprint density at radius 3 is 2.44 bits per heavy atom. The minimum atomic E-state index is -0.995. The van der Waals surface area contributed by atoms with Crippen molar-refractivity contribution >= 4 is 0 Å². The topological polar surface area (TPSA) is 18.5 Å². The molecule has 148 valence electrons. The first-order chi connectivity index (χ1) is 13.0. The Morgan fingerprint density at radius 2 is 1.85 bits per heavy atom. The first-order valence-corrected chi connectivity index (χ1v) is 9.99. The molecule has 1 atom stereocenters. The molecule has 27 heavy (non-hydrogen) atoms. The zero-order valence-corrected chi connectivity index (χ0v) is 16.4. The average molecular weight is 376 g/mol. The van der Waals surface area contributed by atoms with Crippen LogP contribution in [0.3, 0.4) is 0 Å². The van der Waals surface area contributed by atoms with Crippen molar-refractivity contribution < 1.29 is 18.3 Å². The summed E-state index contributed by atoms with van der Waals surface area (Å²) in [4.78, 5) is 0. The molecular formula is C23H30F2O2. The van der Waals surface area contributed by atoms with Crippen LogP contribution in [0.1, 0.15) is 50.5 Å². The van der Waals surface area contributed by atoms with Gasteiger partial charge in [0.15, 0.2) is 11.5 Å². The first-order valence-electron chi connectivity index (χ1n) is 9.99. The van der Waals surface area contributed by atoms with Gasteiger partial charge in [0.1, 0.15) is 6.61 Å². The number of aryl methyl sites for hydroxylation is 1. The second-order valence-electron chi connectivity index (χ2n) is 7.95. The van der Waals surface area contributed by atoms with Gasteiger partial charge in [0.2, 0.25) is 11.6 Å². The largest absolute Gasteiger partial charge is 0.494 e. The van der Waals surface area contributed by atoms with E-state index < -0.39 is 11.6 Å². The molecule has 1 aromatic rings. The number of halogens is 2. The molecule has 0 heterocycles. The number of benzene rings is 1. The number of hydrogen-bond acceptors (Lipinski definition) is 2. The fourth-order valence-electron chi connectivity index (χ4n) is 4.52. The van der Waals surface area contributed by atoms with Gasteiger partial charge in [0.25, 0.3) is 0 Å². The summed E-state index contributed by atoms with van der Waals surface area (Å²) in [5, 5.41) is 0. The Labute approximate surface area is 161 Å². The van der Waals surface area contributed by atoms with Crippen LogP contribution in [-0.2, 0) is 0 Å². The van der Waals surface area contributed by atoms with Crippen LogP contribution < -0.4 is 9.47 Å². The summed E-state index contributed by atoms with van der Waals surface area (Å²) >= 11 is 0. The molecule has 0 radical (unpaired) electrons. The minimum Gasteiger partial charge on any atom is -0.494 e. The summed E-state index contributed by atoms with van der Waals surface area (Å²) in [5.41, 5.74) is 1.72. The molecule has 0 aliphatic heterocycles. The molecule has 1 unspecified atom stereocenters. The maximum absolute atomic E-state index is 14.2. The van der Waals surface area contributed by atoms with Crippen molar-refractivity contribution in [1.82, 2.24) is 0 Å². The Hall–Kier alpha value is -1.84. The standard InChI is InChI=1S/C23H30F2O2/c1-4-16-5-9-18(10-6-16)19-11-7-17(8-12-19)14-27-23-15(2)13-20(26-3)21(24)22(23)25/h4,7,13,16,18-19H,1,5-6,8-12,14H2,2-3H3. The summed E-state index contributed by atoms with van der Waals surface area (Å²) in [6, 6.07) is 1.47. The zero-order valence-electron chi connectivity index (χ0n) is 16.4. The molecule has 1 saturated carbocycles. The molecule has 0 saturated heterocycles. The molecule has 4 heteroatoms. The van der Waals surface area contributed by atoms with E-state index in [1.165, 1.54) is 44.4 Å². The lowest BCUT2D eigenvalue weighted by Crippen LogP contribution is -2.23. The van der Waals surface area contributed by atoms with Gasteiger partial charge in [-0.15, -0.1) is 6.58 Å². The predicted molar refractivity (Wildman–Crippen MR) is 104 cm³/mol. The lowest BCUT2D eigenvalue weighted by atomic mass is 9.71. The fourth-order valence-corrected chi connectivity index (χ4v) is 4.52. The lowest BCUT2D eigenvalue weighted by Gasteiger charge is -2.34. The second kappa shape index (κ2) is 8.90. The molecule has 1 aromatic carbocycles. The van der Waals surface area contributed by atoms with Gasteiger partial charge < -0.3 is 9.47 Å². The molecule has 2 aliphatic carbocycles. The zero-order chi connectivity index (χ0) is 19.4. The van der Waals surface area contributed by atoms with Gasteiger partial charge in [0, 0.05) is 0 Å². The lowest BCUT2D eigenvalue weighted by molar-refractivity contribution is 0.206. The van der Waals surface area contributed by atoms with Crippen LogP contribution in [0.2, 0.25) is 0 Å². The van der Waals surface area contributed by atoms with Crippen LogP contribution >= 0.6 is 0 Å². The number of rotatable bonds is 6. The van der Waals surface area contributed by atoms with E-state index in [9.17, 15) is 8.78 Å². The van der Waals surface area contributed by atoms with Crippen molar-refractivity contribution in [2.24, 2.45) is 17.8 Å². The van der Waals surface area contributed by atoms with Gasteiger partial charge in [0.05, 0.1) is 7.11 Å². The van der Waals surface area contributed by atoms with Crippen molar-refractivity contribution in [3.63, 3.8) is 0 Å². The predicted octanol–water partition coefficient (Wildman–Crippen LogP) is 6.38. The minimum absolute atomic E-state index is 0.0147. The highest BCUT2D eigenvalue weighted by Crippen LogP contribution is 2.40. The van der Waals surface area contributed by atoms with Gasteiger partial charge in [-0.2, -0.15) is 8.78 Å². The first kappa shape index (κ1) is 19.9. The van der Waals surface area contributed by atoms with Gasteiger partial charge in [-0.25, -0.2) is 0 Å². The SMILES string of the molecule is C=CC1CCC(C2CC=C(COc3c(C)cc(OC)c(F)c3F)CC2)CC1. The summed E-state index contributed by atoms with van der Waals surface area (Å²) in [5.74, 6) is 0.187. The van der Waals surface area contributed by atoms with E-state index in [4.69, 9.17) is 9.47 Å². The Bertz CT molecular complexity index is 703. The third kappa shape index (κ3) is 4.53. The van der Waals surface area contributed by atoms with Crippen LogP contribution in [0, 0.1) is 36.3 Å². The van der Waals surface area contributed by atoms with Crippen molar-refractivity contribution in [3.05, 3.63) is 47.6 Å². The molecule has 0 N–H and O–H groups in total. The smallest absolute Gasteiger partial charge is 0.204 e. The van der Waals surface area contributed by atoms with Crippen molar-refractivity contribution in [2.75, 3.05) is 13.7 Å². The Morgan fingerprint density at radius 1 is 1.11 bits per heavy atom. The Kier molecular flexibility index (Phi) is 6.56. The third-order valence-electron chi connectivity index (χ3n) is 6.30. The average Bonchev–Trinajstić information content (AvgIpc) is 2.71. The van der Waals surface area contributed by atoms with E-state index in [0.29, 0.717) is 18.1 Å². The second-order valence-corrected chi connectivity index (χ2v) is 7.95. The molecule has 0 aromatic heterocycles. The van der Waals surface area contributed by atoms with E-state index in [1.54, 1.807) is 6.92 Å². The van der Waals surface area contributed by atoms with Gasteiger partial charge in [-0.1, -0.05) is 12.2 Å². The van der Waals surface area contributed by atoms with Gasteiger partial charge in [-0.05, 0) is 86.8 Å². The highest BCUT2D eigenvalue weighted by Gasteiger charge is 2.28. The maximum Gasteiger partial charge on any atom is 0.204 e. The number of methoxy groups -OCH3 is 1. The summed E-state index contributed by atoms with van der Waals surface area (Å²) in [6.45, 7) is 5.94. The summed E-state index contributed by atoms with van der Waals surface area (Å²) in [7, 11) is 1.32. The number of allylic oxidation sites excluding steroid dienone is 2. The van der Waals surface area contributed by atoms with Gasteiger partial charge >= 0.3 is 0 Å². The van der Waals surface area contributed by atoms with Crippen LogP contribution in [0.25, 0.3) is 0 Å². The molecular weight excluding hydrogens is 346 g/mol. The molecule has 0 spiro atoms. The molecule has 0 bridgehead atoms. The van der Waals surface area contributed by atoms with Crippen molar-refractivity contribution in [2.45, 2.75) is 51.9 Å². The van der Waals surface area contributed by atoms with Gasteiger partial charge in [-0.3, -0.25) is 0 Å². The molecule has 0 amide bonds. The molecule has 1 fully saturated rings. The summed E-state index contributed by atoms with van der Waals surface area (Å²) < 4.78 is 38.6. The highest BCUT2D eigenvalue weighted by molar-refractivity contribution is 5.42. The highest BCUT2D eigenvalue weighted by atomic mass is 19.2. The molecule has 2 aliphatic rings.